The van der Waals surface area contributed by atoms with Crippen molar-refractivity contribution in [2.24, 2.45) is 0 Å². The van der Waals surface area contributed by atoms with Crippen molar-refractivity contribution < 1.29 is 4.79 Å². The van der Waals surface area contributed by atoms with Crippen LogP contribution in [0.25, 0.3) is 0 Å². The third kappa shape index (κ3) is 7.46. The predicted molar refractivity (Wildman–Crippen MR) is 50.9 cm³/mol. The molecule has 0 aromatic rings. The zero-order chi connectivity index (χ0) is 8.53. The van der Waals surface area contributed by atoms with E-state index in [1.165, 1.54) is 0 Å². The SMILES string of the molecule is C/C=C/CCNC(=O)CCS. The van der Waals surface area contributed by atoms with Gasteiger partial charge in [0.1, 0.15) is 0 Å². The molecule has 11 heavy (non-hydrogen) atoms. The van der Waals surface area contributed by atoms with E-state index in [0.29, 0.717) is 12.2 Å². The van der Waals surface area contributed by atoms with Crippen LogP contribution in [0.2, 0.25) is 0 Å². The molecular formula is C8H15NOS. The maximum Gasteiger partial charge on any atom is 0.220 e. The molecule has 64 valence electrons. The number of carbonyl (C=O) groups excluding carboxylic acids is 1. The van der Waals surface area contributed by atoms with Gasteiger partial charge >= 0.3 is 0 Å². The second-order valence-corrected chi connectivity index (χ2v) is 2.63. The number of carbonyl (C=O) groups is 1. The first kappa shape index (κ1) is 10.6. The molecule has 0 aliphatic heterocycles. The van der Waals surface area contributed by atoms with Crippen LogP contribution in [0.4, 0.5) is 0 Å². The zero-order valence-corrected chi connectivity index (χ0v) is 7.73. The van der Waals surface area contributed by atoms with Crippen molar-refractivity contribution in [2.45, 2.75) is 19.8 Å². The van der Waals surface area contributed by atoms with E-state index in [-0.39, 0.29) is 5.91 Å². The third-order valence-electron chi connectivity index (χ3n) is 1.21. The van der Waals surface area contributed by atoms with Gasteiger partial charge < -0.3 is 5.32 Å². The maximum atomic E-state index is 10.8. The Morgan fingerprint density at radius 3 is 2.91 bits per heavy atom. The van der Waals surface area contributed by atoms with Crippen molar-refractivity contribution in [1.29, 1.82) is 0 Å². The summed E-state index contributed by atoms with van der Waals surface area (Å²) in [5.74, 6) is 0.708. The zero-order valence-electron chi connectivity index (χ0n) is 6.84. The summed E-state index contributed by atoms with van der Waals surface area (Å²) >= 11 is 3.95. The molecule has 2 nitrogen and oxygen atoms in total. The Balaban J connectivity index is 3.17. The number of hydrogen-bond donors (Lipinski definition) is 2. The van der Waals surface area contributed by atoms with Crippen molar-refractivity contribution in [3.63, 3.8) is 0 Å². The van der Waals surface area contributed by atoms with E-state index >= 15 is 0 Å². The Hall–Kier alpha value is -0.440. The molecule has 0 unspecified atom stereocenters. The molecule has 0 fully saturated rings. The maximum absolute atomic E-state index is 10.8. The molecule has 0 aromatic carbocycles. The van der Waals surface area contributed by atoms with Gasteiger partial charge in [0, 0.05) is 13.0 Å². The lowest BCUT2D eigenvalue weighted by atomic mass is 10.3. The molecule has 1 N–H and O–H groups in total. The van der Waals surface area contributed by atoms with Gasteiger partial charge in [-0.2, -0.15) is 12.6 Å². The molecule has 0 radical (unpaired) electrons. The van der Waals surface area contributed by atoms with Crippen LogP contribution in [0.3, 0.4) is 0 Å². The van der Waals surface area contributed by atoms with Gasteiger partial charge in [0.25, 0.3) is 0 Å². The monoisotopic (exact) mass is 173 g/mol. The summed E-state index contributed by atoms with van der Waals surface area (Å²) in [6.07, 6.45) is 5.43. The highest BCUT2D eigenvalue weighted by molar-refractivity contribution is 7.80. The van der Waals surface area contributed by atoms with Crippen LogP contribution >= 0.6 is 12.6 Å². The van der Waals surface area contributed by atoms with E-state index in [4.69, 9.17) is 0 Å². The van der Waals surface area contributed by atoms with Gasteiger partial charge in [0.15, 0.2) is 0 Å². The molecule has 3 heteroatoms. The largest absolute Gasteiger partial charge is 0.356 e. The van der Waals surface area contributed by atoms with Gasteiger partial charge in [0.2, 0.25) is 5.91 Å². The Morgan fingerprint density at radius 2 is 2.36 bits per heavy atom. The fourth-order valence-corrected chi connectivity index (χ4v) is 0.855. The first-order chi connectivity index (χ1) is 5.31. The lowest BCUT2D eigenvalue weighted by Crippen LogP contribution is -2.23. The average Bonchev–Trinajstić information content (AvgIpc) is 1.99. The number of thiol groups is 1. The van der Waals surface area contributed by atoms with E-state index in [0.717, 1.165) is 13.0 Å². The lowest BCUT2D eigenvalue weighted by molar-refractivity contribution is -0.120. The minimum absolute atomic E-state index is 0.0875. The van der Waals surface area contributed by atoms with Crippen LogP contribution in [0.5, 0.6) is 0 Å². The Labute approximate surface area is 73.5 Å². The van der Waals surface area contributed by atoms with Crippen LogP contribution < -0.4 is 5.32 Å². The van der Waals surface area contributed by atoms with Crippen LogP contribution in [-0.4, -0.2) is 18.2 Å². The van der Waals surface area contributed by atoms with Gasteiger partial charge in [-0.15, -0.1) is 0 Å². The highest BCUT2D eigenvalue weighted by atomic mass is 32.1. The van der Waals surface area contributed by atoms with Crippen LogP contribution in [0.1, 0.15) is 19.8 Å². The van der Waals surface area contributed by atoms with Crippen molar-refractivity contribution in [2.75, 3.05) is 12.3 Å². The first-order valence-electron chi connectivity index (χ1n) is 3.80. The fourth-order valence-electron chi connectivity index (χ4n) is 0.652. The quantitative estimate of drug-likeness (QED) is 0.367. The number of hydrogen-bond acceptors (Lipinski definition) is 2. The van der Waals surface area contributed by atoms with E-state index in [9.17, 15) is 4.79 Å². The molecule has 0 bridgehead atoms. The Kier molecular flexibility index (Phi) is 7.36. The standard InChI is InChI=1S/C8H15NOS/c1-2-3-4-6-9-8(10)5-7-11/h2-3,11H,4-7H2,1H3,(H,9,10)/b3-2+. The normalized spacial score (nSPS) is 10.4. The molecule has 0 saturated heterocycles. The van der Waals surface area contributed by atoms with Crippen molar-refractivity contribution in [3.05, 3.63) is 12.2 Å². The number of nitrogens with one attached hydrogen (secondary N) is 1. The minimum atomic E-state index is 0.0875. The predicted octanol–water partition coefficient (Wildman–Crippen LogP) is 1.39. The second-order valence-electron chi connectivity index (χ2n) is 2.18. The topological polar surface area (TPSA) is 29.1 Å². The summed E-state index contributed by atoms with van der Waals surface area (Å²) in [6, 6.07) is 0. The smallest absolute Gasteiger partial charge is 0.220 e. The molecule has 0 spiro atoms. The van der Waals surface area contributed by atoms with Crippen LogP contribution in [0.15, 0.2) is 12.2 Å². The van der Waals surface area contributed by atoms with Gasteiger partial charge in [-0.3, -0.25) is 4.79 Å². The van der Waals surface area contributed by atoms with Crippen molar-refractivity contribution in [1.82, 2.24) is 5.32 Å². The highest BCUT2D eigenvalue weighted by Crippen LogP contribution is 1.84. The Bertz CT molecular complexity index is 134. The van der Waals surface area contributed by atoms with Crippen LogP contribution in [-0.2, 0) is 4.79 Å². The summed E-state index contributed by atoms with van der Waals surface area (Å²) in [5, 5.41) is 2.78. The average molecular weight is 173 g/mol. The minimum Gasteiger partial charge on any atom is -0.356 e. The number of rotatable bonds is 5. The molecule has 0 aliphatic rings. The summed E-state index contributed by atoms with van der Waals surface area (Å²) in [6.45, 7) is 2.70. The molecule has 1 amide bonds. The summed E-state index contributed by atoms with van der Waals surface area (Å²) in [5.41, 5.74) is 0. The summed E-state index contributed by atoms with van der Waals surface area (Å²) in [7, 11) is 0. The van der Waals surface area contributed by atoms with E-state index in [2.05, 4.69) is 17.9 Å². The highest BCUT2D eigenvalue weighted by Gasteiger charge is 1.95. The molecule has 0 aromatic heterocycles. The lowest BCUT2D eigenvalue weighted by Gasteiger charge is -1.99. The molecule has 0 rings (SSSR count). The van der Waals surface area contributed by atoms with Crippen molar-refractivity contribution in [3.8, 4) is 0 Å². The summed E-state index contributed by atoms with van der Waals surface area (Å²) in [4.78, 5) is 10.8. The van der Waals surface area contributed by atoms with Crippen LogP contribution in [0, 0.1) is 0 Å². The van der Waals surface area contributed by atoms with Gasteiger partial charge in [0.05, 0.1) is 0 Å². The van der Waals surface area contributed by atoms with E-state index in [1.807, 2.05) is 19.1 Å². The van der Waals surface area contributed by atoms with Gasteiger partial charge in [-0.05, 0) is 19.1 Å². The Morgan fingerprint density at radius 1 is 1.64 bits per heavy atom. The van der Waals surface area contributed by atoms with E-state index in [1.54, 1.807) is 0 Å². The van der Waals surface area contributed by atoms with Gasteiger partial charge in [-0.25, -0.2) is 0 Å². The first-order valence-corrected chi connectivity index (χ1v) is 4.43. The molecule has 0 heterocycles. The molecule has 0 saturated carbocycles. The fraction of sp³-hybridized carbons (Fsp3) is 0.625. The molecule has 0 aliphatic carbocycles. The molecular weight excluding hydrogens is 158 g/mol. The number of allylic oxidation sites excluding steroid dienone is 1. The summed E-state index contributed by atoms with van der Waals surface area (Å²) < 4.78 is 0. The molecule has 0 atom stereocenters. The second kappa shape index (κ2) is 7.66. The number of amides is 1. The van der Waals surface area contributed by atoms with Crippen molar-refractivity contribution >= 4 is 18.5 Å². The third-order valence-corrected chi connectivity index (χ3v) is 1.43. The van der Waals surface area contributed by atoms with Gasteiger partial charge in [-0.1, -0.05) is 12.2 Å². The van der Waals surface area contributed by atoms with E-state index < -0.39 is 0 Å².